The van der Waals surface area contributed by atoms with Crippen LogP contribution in [0.25, 0.3) is 10.9 Å². The van der Waals surface area contributed by atoms with Gasteiger partial charge in [0.15, 0.2) is 5.69 Å². The van der Waals surface area contributed by atoms with Crippen molar-refractivity contribution in [2.45, 2.75) is 12.7 Å². The molecule has 25 heavy (non-hydrogen) atoms. The van der Waals surface area contributed by atoms with Crippen LogP contribution in [0.15, 0.2) is 58.8 Å². The number of hydrogen-bond donors (Lipinski definition) is 1. The molecule has 0 fully saturated rings. The summed E-state index contributed by atoms with van der Waals surface area (Å²) in [5.41, 5.74) is 3.56. The molecule has 1 heterocycles. The molecule has 0 aliphatic rings. The Balaban J connectivity index is 1.63. The molecule has 1 amide bonds. The zero-order valence-electron chi connectivity index (χ0n) is 14.1. The van der Waals surface area contributed by atoms with E-state index in [4.69, 9.17) is 0 Å². The summed E-state index contributed by atoms with van der Waals surface area (Å²) in [6.45, 7) is 2.05. The highest BCUT2D eigenvalue weighted by Gasteiger charge is 2.14. The van der Waals surface area contributed by atoms with Gasteiger partial charge in [-0.25, -0.2) is 0 Å². The van der Waals surface area contributed by atoms with Gasteiger partial charge in [0.1, 0.15) is 0 Å². The van der Waals surface area contributed by atoms with Crippen molar-refractivity contribution in [2.24, 2.45) is 17.3 Å². The fraction of sp³-hybridized carbons (Fsp3) is 0.211. The van der Waals surface area contributed by atoms with Crippen molar-refractivity contribution in [3.05, 3.63) is 59.7 Å². The molecule has 0 spiro atoms. The molecular weight excluding hydrogens is 334 g/mol. The van der Waals surface area contributed by atoms with E-state index in [1.807, 2.05) is 31.2 Å². The van der Waals surface area contributed by atoms with Crippen LogP contribution in [0.3, 0.4) is 0 Å². The van der Waals surface area contributed by atoms with Crippen molar-refractivity contribution in [3.63, 3.8) is 0 Å². The molecule has 0 unspecified atom stereocenters. The summed E-state index contributed by atoms with van der Waals surface area (Å²) in [4.78, 5) is 11.9. The standard InChI is InChI=1S/C19H19N3O2S/c1-13-7-9-14(10-8-13)11-25-12-17(23)20-21-18-15-5-3-4-6-16(15)22(2)19(18)24/h3-10,24H,11-12H2,1-2H3. The van der Waals surface area contributed by atoms with E-state index in [0.717, 1.165) is 16.7 Å². The Morgan fingerprint density at radius 1 is 1.16 bits per heavy atom. The van der Waals surface area contributed by atoms with Gasteiger partial charge in [-0.1, -0.05) is 48.0 Å². The van der Waals surface area contributed by atoms with E-state index in [0.29, 0.717) is 5.69 Å². The van der Waals surface area contributed by atoms with Crippen LogP contribution in [-0.2, 0) is 17.6 Å². The zero-order valence-corrected chi connectivity index (χ0v) is 15.0. The minimum absolute atomic E-state index is 0.00468. The number of aryl methyl sites for hydroxylation is 2. The first-order valence-electron chi connectivity index (χ1n) is 7.90. The lowest BCUT2D eigenvalue weighted by molar-refractivity contribution is -0.115. The van der Waals surface area contributed by atoms with Crippen LogP contribution < -0.4 is 0 Å². The van der Waals surface area contributed by atoms with E-state index in [-0.39, 0.29) is 17.5 Å². The van der Waals surface area contributed by atoms with Crippen LogP contribution >= 0.6 is 11.8 Å². The lowest BCUT2D eigenvalue weighted by atomic mass is 10.2. The molecule has 3 aromatic rings. The first-order valence-corrected chi connectivity index (χ1v) is 9.06. The number of thioether (sulfide) groups is 1. The van der Waals surface area contributed by atoms with Gasteiger partial charge >= 0.3 is 0 Å². The molecule has 0 bridgehead atoms. The third-order valence-electron chi connectivity index (χ3n) is 3.93. The maximum atomic E-state index is 11.9. The number of rotatable bonds is 5. The highest BCUT2D eigenvalue weighted by Crippen LogP contribution is 2.37. The van der Waals surface area contributed by atoms with Crippen LogP contribution in [-0.4, -0.2) is 21.3 Å². The number of nitrogens with zero attached hydrogens (tertiary/aromatic N) is 3. The Bertz CT molecular complexity index is 930. The Labute approximate surface area is 150 Å². The zero-order chi connectivity index (χ0) is 17.8. The molecule has 2 aromatic carbocycles. The molecule has 1 N–H and O–H groups in total. The number of benzene rings is 2. The van der Waals surface area contributed by atoms with E-state index < -0.39 is 0 Å². The summed E-state index contributed by atoms with van der Waals surface area (Å²) >= 11 is 1.50. The minimum atomic E-state index is -0.315. The second-order valence-corrected chi connectivity index (χ2v) is 6.81. The van der Waals surface area contributed by atoms with Crippen LogP contribution in [0.2, 0.25) is 0 Å². The topological polar surface area (TPSA) is 66.9 Å². The van der Waals surface area contributed by atoms with Crippen molar-refractivity contribution in [1.29, 1.82) is 0 Å². The molecule has 0 aliphatic heterocycles. The number of aromatic nitrogens is 1. The Kier molecular flexibility index (Phi) is 5.19. The molecule has 0 saturated carbocycles. The summed E-state index contributed by atoms with van der Waals surface area (Å²) in [5, 5.41) is 18.7. The second-order valence-electron chi connectivity index (χ2n) is 5.82. The molecule has 5 nitrogen and oxygen atoms in total. The maximum Gasteiger partial charge on any atom is 0.274 e. The van der Waals surface area contributed by atoms with Crippen LogP contribution in [0, 0.1) is 6.92 Å². The molecule has 3 rings (SSSR count). The molecule has 0 aliphatic carbocycles. The fourth-order valence-electron chi connectivity index (χ4n) is 2.53. The van der Waals surface area contributed by atoms with Gasteiger partial charge in [0.25, 0.3) is 5.91 Å². The number of amides is 1. The molecule has 0 saturated heterocycles. The number of para-hydroxylation sites is 1. The van der Waals surface area contributed by atoms with Crippen molar-refractivity contribution in [1.82, 2.24) is 4.57 Å². The largest absolute Gasteiger partial charge is 0.493 e. The summed E-state index contributed by atoms with van der Waals surface area (Å²) in [6, 6.07) is 15.7. The van der Waals surface area contributed by atoms with Gasteiger partial charge in [-0.3, -0.25) is 4.79 Å². The van der Waals surface area contributed by atoms with E-state index in [9.17, 15) is 9.90 Å². The third kappa shape index (κ3) is 3.91. The monoisotopic (exact) mass is 353 g/mol. The summed E-state index contributed by atoms with van der Waals surface area (Å²) in [7, 11) is 1.75. The molecular formula is C19H19N3O2S. The van der Waals surface area contributed by atoms with Crippen molar-refractivity contribution in [2.75, 3.05) is 5.75 Å². The number of azo groups is 1. The molecule has 1 aromatic heterocycles. The van der Waals surface area contributed by atoms with E-state index in [1.54, 1.807) is 11.6 Å². The highest BCUT2D eigenvalue weighted by atomic mass is 32.2. The highest BCUT2D eigenvalue weighted by molar-refractivity contribution is 7.99. The second kappa shape index (κ2) is 7.53. The van der Waals surface area contributed by atoms with Crippen LogP contribution in [0.1, 0.15) is 11.1 Å². The average molecular weight is 353 g/mol. The SMILES string of the molecule is Cc1ccc(CSCC(=O)N=Nc2c(O)n(C)c3ccccc23)cc1. The predicted octanol–water partition coefficient (Wildman–Crippen LogP) is 4.74. The predicted molar refractivity (Wildman–Crippen MR) is 101 cm³/mol. The number of carbonyl (C=O) groups excluding carboxylic acids is 1. The van der Waals surface area contributed by atoms with Crippen molar-refractivity contribution >= 4 is 34.3 Å². The van der Waals surface area contributed by atoms with Gasteiger partial charge in [0, 0.05) is 18.2 Å². The van der Waals surface area contributed by atoms with Crippen LogP contribution in [0.4, 0.5) is 5.69 Å². The summed E-state index contributed by atoms with van der Waals surface area (Å²) in [6.07, 6.45) is 0. The van der Waals surface area contributed by atoms with E-state index in [2.05, 4.69) is 34.5 Å². The fourth-order valence-corrected chi connectivity index (χ4v) is 3.30. The molecule has 0 atom stereocenters. The van der Waals surface area contributed by atoms with Crippen LogP contribution in [0.5, 0.6) is 5.88 Å². The van der Waals surface area contributed by atoms with Gasteiger partial charge in [0.2, 0.25) is 5.88 Å². The third-order valence-corrected chi connectivity index (χ3v) is 4.91. The van der Waals surface area contributed by atoms with Gasteiger partial charge in [-0.2, -0.15) is 0 Å². The first kappa shape index (κ1) is 17.2. The van der Waals surface area contributed by atoms with Crippen molar-refractivity contribution < 1.29 is 9.90 Å². The summed E-state index contributed by atoms with van der Waals surface area (Å²) in [5.74, 6) is 0.693. The lowest BCUT2D eigenvalue weighted by Crippen LogP contribution is -1.96. The number of hydrogen-bond acceptors (Lipinski definition) is 4. The Hall–Kier alpha value is -2.60. The number of aromatic hydroxyl groups is 1. The van der Waals surface area contributed by atoms with Crippen molar-refractivity contribution in [3.8, 4) is 5.88 Å². The van der Waals surface area contributed by atoms with Gasteiger partial charge in [-0.15, -0.1) is 22.0 Å². The number of fused-ring (bicyclic) bond motifs is 1. The Morgan fingerprint density at radius 3 is 2.64 bits per heavy atom. The van der Waals surface area contributed by atoms with E-state index in [1.165, 1.54) is 22.9 Å². The smallest absolute Gasteiger partial charge is 0.274 e. The Morgan fingerprint density at radius 2 is 1.88 bits per heavy atom. The number of carbonyl (C=O) groups is 1. The van der Waals surface area contributed by atoms with E-state index >= 15 is 0 Å². The van der Waals surface area contributed by atoms with Gasteiger partial charge in [-0.05, 0) is 18.6 Å². The summed E-state index contributed by atoms with van der Waals surface area (Å²) < 4.78 is 1.63. The average Bonchev–Trinajstić information content (AvgIpc) is 2.86. The normalized spacial score (nSPS) is 11.4. The quantitative estimate of drug-likeness (QED) is 0.674. The van der Waals surface area contributed by atoms with Gasteiger partial charge in [0.05, 0.1) is 11.3 Å². The maximum absolute atomic E-state index is 11.9. The van der Waals surface area contributed by atoms with Gasteiger partial charge < -0.3 is 9.67 Å². The first-order chi connectivity index (χ1) is 12.1. The lowest BCUT2D eigenvalue weighted by Gasteiger charge is -2.00. The minimum Gasteiger partial charge on any atom is -0.493 e. The molecule has 6 heteroatoms. The molecule has 0 radical (unpaired) electrons. The molecule has 128 valence electrons.